The van der Waals surface area contributed by atoms with Crippen LogP contribution in [0.5, 0.6) is 0 Å². The largest absolute Gasteiger partial charge is 0.453 e. The fourth-order valence-corrected chi connectivity index (χ4v) is 2.50. The van der Waals surface area contributed by atoms with E-state index in [0.29, 0.717) is 6.29 Å². The Labute approximate surface area is 108 Å². The molecule has 0 spiro atoms. The number of primary sulfonamides is 1. The van der Waals surface area contributed by atoms with Gasteiger partial charge >= 0.3 is 0 Å². The smallest absolute Gasteiger partial charge is 0.238 e. The molecule has 7 heteroatoms. The molecule has 0 atom stereocenters. The molecule has 0 aliphatic carbocycles. The first kappa shape index (κ1) is 12.8. The maximum atomic E-state index is 11.5. The monoisotopic (exact) mass is 285 g/mol. The van der Waals surface area contributed by atoms with E-state index in [2.05, 4.69) is 0 Å². The Kier molecular flexibility index (Phi) is 3.25. The van der Waals surface area contributed by atoms with Gasteiger partial charge in [-0.25, -0.2) is 13.6 Å². The van der Waals surface area contributed by atoms with Gasteiger partial charge in [0.1, 0.15) is 5.76 Å². The molecular formula is C11H8ClNO4S. The van der Waals surface area contributed by atoms with E-state index < -0.39 is 10.0 Å². The van der Waals surface area contributed by atoms with Crippen molar-refractivity contribution in [2.24, 2.45) is 5.14 Å². The second kappa shape index (κ2) is 4.56. The summed E-state index contributed by atoms with van der Waals surface area (Å²) in [6.45, 7) is 0. The highest BCUT2D eigenvalue weighted by molar-refractivity contribution is 7.89. The SMILES string of the molecule is NS(=O)(=O)c1cc(Cl)ccc1-c1ccc(C=O)o1. The fraction of sp³-hybridized carbons (Fsp3) is 0. The minimum Gasteiger partial charge on any atom is -0.453 e. The predicted molar refractivity (Wildman–Crippen MR) is 65.9 cm³/mol. The molecule has 1 aromatic carbocycles. The zero-order valence-corrected chi connectivity index (χ0v) is 10.5. The number of halogens is 1. The number of sulfonamides is 1. The zero-order chi connectivity index (χ0) is 13.3. The Hall–Kier alpha value is -1.63. The van der Waals surface area contributed by atoms with E-state index in [1.165, 1.54) is 30.3 Å². The first-order valence-corrected chi connectivity index (χ1v) is 6.72. The zero-order valence-electron chi connectivity index (χ0n) is 8.96. The maximum Gasteiger partial charge on any atom is 0.238 e. The summed E-state index contributed by atoms with van der Waals surface area (Å²) in [4.78, 5) is 10.4. The van der Waals surface area contributed by atoms with Crippen LogP contribution in [-0.4, -0.2) is 14.7 Å². The average molecular weight is 286 g/mol. The van der Waals surface area contributed by atoms with Gasteiger partial charge in [-0.2, -0.15) is 0 Å². The van der Waals surface area contributed by atoms with Gasteiger partial charge in [0.15, 0.2) is 12.0 Å². The van der Waals surface area contributed by atoms with E-state index in [-0.39, 0.29) is 27.0 Å². The van der Waals surface area contributed by atoms with Crippen molar-refractivity contribution in [2.45, 2.75) is 4.90 Å². The van der Waals surface area contributed by atoms with Crippen molar-refractivity contribution >= 4 is 27.9 Å². The number of hydrogen-bond acceptors (Lipinski definition) is 4. The van der Waals surface area contributed by atoms with Crippen LogP contribution in [0.25, 0.3) is 11.3 Å². The Bertz CT molecular complexity index is 706. The van der Waals surface area contributed by atoms with Gasteiger partial charge in [-0.15, -0.1) is 0 Å². The summed E-state index contributed by atoms with van der Waals surface area (Å²) in [5.74, 6) is 0.332. The molecule has 0 saturated heterocycles. The van der Waals surface area contributed by atoms with E-state index in [1.54, 1.807) is 0 Å². The summed E-state index contributed by atoms with van der Waals surface area (Å²) in [6, 6.07) is 7.13. The molecule has 1 aromatic heterocycles. The topological polar surface area (TPSA) is 90.4 Å². The van der Waals surface area contributed by atoms with E-state index in [1.807, 2.05) is 0 Å². The lowest BCUT2D eigenvalue weighted by molar-refractivity contribution is 0.110. The number of nitrogens with two attached hydrogens (primary N) is 1. The number of hydrogen-bond donors (Lipinski definition) is 1. The fourth-order valence-electron chi connectivity index (χ4n) is 1.50. The van der Waals surface area contributed by atoms with Crippen LogP contribution in [0, 0.1) is 0 Å². The molecule has 0 aliphatic heterocycles. The van der Waals surface area contributed by atoms with Crippen LogP contribution >= 0.6 is 11.6 Å². The van der Waals surface area contributed by atoms with Gasteiger partial charge in [0.25, 0.3) is 0 Å². The lowest BCUT2D eigenvalue weighted by Crippen LogP contribution is -2.13. The molecule has 0 amide bonds. The minimum atomic E-state index is -3.93. The highest BCUT2D eigenvalue weighted by atomic mass is 35.5. The van der Waals surface area contributed by atoms with Crippen molar-refractivity contribution in [2.75, 3.05) is 0 Å². The van der Waals surface area contributed by atoms with Crippen molar-refractivity contribution < 1.29 is 17.6 Å². The number of furan rings is 1. The molecule has 0 saturated carbocycles. The van der Waals surface area contributed by atoms with Crippen LogP contribution in [0.2, 0.25) is 5.02 Å². The third kappa shape index (κ3) is 2.45. The van der Waals surface area contributed by atoms with Crippen LogP contribution in [0.3, 0.4) is 0 Å². The van der Waals surface area contributed by atoms with Crippen LogP contribution in [-0.2, 0) is 10.0 Å². The molecule has 1 heterocycles. The van der Waals surface area contributed by atoms with Gasteiger partial charge in [-0.05, 0) is 30.3 Å². The second-order valence-corrected chi connectivity index (χ2v) is 5.47. The van der Waals surface area contributed by atoms with Crippen LogP contribution in [0.4, 0.5) is 0 Å². The summed E-state index contributed by atoms with van der Waals surface area (Å²) >= 11 is 5.74. The normalized spacial score (nSPS) is 11.4. The van der Waals surface area contributed by atoms with Crippen LogP contribution in [0.15, 0.2) is 39.6 Å². The van der Waals surface area contributed by atoms with E-state index in [4.69, 9.17) is 21.2 Å². The van der Waals surface area contributed by atoms with Gasteiger partial charge in [-0.3, -0.25) is 4.79 Å². The number of rotatable bonds is 3. The van der Waals surface area contributed by atoms with Gasteiger partial charge in [0.2, 0.25) is 10.0 Å². The number of benzene rings is 1. The minimum absolute atomic E-state index is 0.0975. The van der Waals surface area contributed by atoms with E-state index in [0.717, 1.165) is 0 Å². The van der Waals surface area contributed by atoms with Crippen molar-refractivity contribution in [1.82, 2.24) is 0 Å². The third-order valence-electron chi connectivity index (χ3n) is 2.26. The third-order valence-corrected chi connectivity index (χ3v) is 3.44. The van der Waals surface area contributed by atoms with Gasteiger partial charge < -0.3 is 4.42 Å². The highest BCUT2D eigenvalue weighted by Gasteiger charge is 2.18. The highest BCUT2D eigenvalue weighted by Crippen LogP contribution is 2.30. The molecule has 18 heavy (non-hydrogen) atoms. The molecule has 0 radical (unpaired) electrons. The van der Waals surface area contributed by atoms with Crippen molar-refractivity contribution in [1.29, 1.82) is 0 Å². The van der Waals surface area contributed by atoms with Crippen molar-refractivity contribution in [3.63, 3.8) is 0 Å². The molecule has 0 aliphatic rings. The Morgan fingerprint density at radius 2 is 1.94 bits per heavy atom. The summed E-state index contributed by atoms with van der Waals surface area (Å²) in [7, 11) is -3.93. The number of carbonyl (C=O) groups excluding carboxylic acids is 1. The van der Waals surface area contributed by atoms with Crippen LogP contribution < -0.4 is 5.14 Å². The molecule has 2 N–H and O–H groups in total. The summed E-state index contributed by atoms with van der Waals surface area (Å²) in [6.07, 6.45) is 0.524. The number of carbonyl (C=O) groups is 1. The quantitative estimate of drug-likeness (QED) is 0.874. The van der Waals surface area contributed by atoms with Gasteiger partial charge in [0.05, 0.1) is 4.90 Å². The lowest BCUT2D eigenvalue weighted by Gasteiger charge is -2.05. The van der Waals surface area contributed by atoms with E-state index in [9.17, 15) is 13.2 Å². The summed E-state index contributed by atoms with van der Waals surface area (Å²) in [5.41, 5.74) is 0.259. The first-order chi connectivity index (χ1) is 8.41. The maximum absolute atomic E-state index is 11.5. The first-order valence-electron chi connectivity index (χ1n) is 4.79. The number of aldehydes is 1. The molecule has 0 unspecified atom stereocenters. The predicted octanol–water partition coefficient (Wildman–Crippen LogP) is 2.06. The van der Waals surface area contributed by atoms with Gasteiger partial charge in [-0.1, -0.05) is 11.6 Å². The Morgan fingerprint density at radius 1 is 1.22 bits per heavy atom. The second-order valence-electron chi connectivity index (χ2n) is 3.51. The van der Waals surface area contributed by atoms with E-state index >= 15 is 0 Å². The molecule has 2 aromatic rings. The standard InChI is InChI=1S/C11H8ClNO4S/c12-7-1-3-9(11(5-7)18(13,15)16)10-4-2-8(6-14)17-10/h1-6H,(H2,13,15,16). The molecule has 0 fully saturated rings. The average Bonchev–Trinajstić information content (AvgIpc) is 2.76. The van der Waals surface area contributed by atoms with Crippen LogP contribution in [0.1, 0.15) is 10.6 Å². The Balaban J connectivity index is 2.67. The van der Waals surface area contributed by atoms with Crippen molar-refractivity contribution in [3.05, 3.63) is 41.1 Å². The summed E-state index contributed by atoms with van der Waals surface area (Å²) < 4.78 is 28.1. The van der Waals surface area contributed by atoms with Crippen molar-refractivity contribution in [3.8, 4) is 11.3 Å². The molecule has 0 bridgehead atoms. The molecule has 5 nitrogen and oxygen atoms in total. The Morgan fingerprint density at radius 3 is 2.50 bits per heavy atom. The molecule has 2 rings (SSSR count). The lowest BCUT2D eigenvalue weighted by atomic mass is 10.2. The molecule has 94 valence electrons. The van der Waals surface area contributed by atoms with Gasteiger partial charge in [0, 0.05) is 10.6 Å². The molecular weight excluding hydrogens is 278 g/mol. The summed E-state index contributed by atoms with van der Waals surface area (Å²) in [5, 5.41) is 5.35.